The number of amides is 1. The molecule has 0 aliphatic heterocycles. The van der Waals surface area contributed by atoms with E-state index in [1.54, 1.807) is 0 Å². The third-order valence-electron chi connectivity index (χ3n) is 2.02. The highest BCUT2D eigenvalue weighted by atomic mass is 16.6. The lowest BCUT2D eigenvalue weighted by molar-refractivity contribution is -0.385. The molecule has 1 aromatic heterocycles. The van der Waals surface area contributed by atoms with E-state index in [-0.39, 0.29) is 23.6 Å². The normalized spacial score (nSPS) is 10.4. The topological polar surface area (TPSA) is 113 Å². The van der Waals surface area contributed by atoms with Gasteiger partial charge in [0.1, 0.15) is 5.69 Å². The van der Waals surface area contributed by atoms with Crippen LogP contribution in [0.15, 0.2) is 0 Å². The van der Waals surface area contributed by atoms with Gasteiger partial charge in [0.25, 0.3) is 5.91 Å². The first kappa shape index (κ1) is 12.1. The van der Waals surface area contributed by atoms with Crippen LogP contribution in [0.25, 0.3) is 0 Å². The third kappa shape index (κ3) is 2.16. The number of hydrogen-bond donors (Lipinski definition) is 1. The molecule has 0 aliphatic carbocycles. The maximum Gasteiger partial charge on any atom is 0.322 e. The molecule has 0 fully saturated rings. The first-order chi connectivity index (χ1) is 7.49. The fourth-order valence-corrected chi connectivity index (χ4v) is 1.37. The fraction of sp³-hybridized carbons (Fsp3) is 0.500. The van der Waals surface area contributed by atoms with Crippen molar-refractivity contribution in [3.63, 3.8) is 0 Å². The van der Waals surface area contributed by atoms with Crippen LogP contribution in [0.5, 0.6) is 0 Å². The Balaban J connectivity index is 3.24. The Morgan fingerprint density at radius 1 is 1.69 bits per heavy atom. The number of carbonyl (C=O) groups excluding carboxylic acids is 1. The second-order valence-electron chi connectivity index (χ2n) is 3.12. The van der Waals surface area contributed by atoms with Crippen molar-refractivity contribution in [1.29, 1.82) is 0 Å². The van der Waals surface area contributed by atoms with Crippen LogP contribution >= 0.6 is 0 Å². The number of aromatic nitrogens is 2. The standard InChI is InChI=1S/C8H12N4O4/c1-5-6(12(14)15)7(8(9)13)11(10-5)3-4-16-2/h3-4H2,1-2H3,(H2,9,13). The van der Waals surface area contributed by atoms with Gasteiger partial charge < -0.3 is 10.5 Å². The lowest BCUT2D eigenvalue weighted by Gasteiger charge is -2.02. The van der Waals surface area contributed by atoms with Crippen molar-refractivity contribution >= 4 is 11.6 Å². The number of primary amides is 1. The average molecular weight is 228 g/mol. The monoisotopic (exact) mass is 228 g/mol. The number of aryl methyl sites for hydroxylation is 1. The smallest absolute Gasteiger partial charge is 0.322 e. The van der Waals surface area contributed by atoms with Crippen molar-refractivity contribution in [2.75, 3.05) is 13.7 Å². The Kier molecular flexibility index (Phi) is 3.56. The van der Waals surface area contributed by atoms with Gasteiger partial charge in [-0.3, -0.25) is 19.6 Å². The van der Waals surface area contributed by atoms with Crippen LogP contribution in [0.2, 0.25) is 0 Å². The number of ether oxygens (including phenoxy) is 1. The Hall–Kier alpha value is -1.96. The van der Waals surface area contributed by atoms with Crippen molar-refractivity contribution < 1.29 is 14.5 Å². The quantitative estimate of drug-likeness (QED) is 0.555. The largest absolute Gasteiger partial charge is 0.383 e. The zero-order valence-electron chi connectivity index (χ0n) is 8.97. The van der Waals surface area contributed by atoms with E-state index in [0.717, 1.165) is 0 Å². The molecule has 0 aromatic carbocycles. The summed E-state index contributed by atoms with van der Waals surface area (Å²) in [6.45, 7) is 1.98. The maximum absolute atomic E-state index is 11.1. The molecular weight excluding hydrogens is 216 g/mol. The first-order valence-electron chi connectivity index (χ1n) is 4.49. The van der Waals surface area contributed by atoms with Crippen molar-refractivity contribution in [2.45, 2.75) is 13.5 Å². The number of nitro groups is 1. The number of nitrogens with two attached hydrogens (primary N) is 1. The Morgan fingerprint density at radius 2 is 2.31 bits per heavy atom. The zero-order chi connectivity index (χ0) is 12.3. The Labute approximate surface area is 91.1 Å². The molecule has 1 aromatic rings. The molecule has 1 rings (SSSR count). The first-order valence-corrected chi connectivity index (χ1v) is 4.49. The highest BCUT2D eigenvalue weighted by Crippen LogP contribution is 2.22. The summed E-state index contributed by atoms with van der Waals surface area (Å²) in [6, 6.07) is 0. The second kappa shape index (κ2) is 4.71. The molecule has 0 radical (unpaired) electrons. The van der Waals surface area contributed by atoms with E-state index in [2.05, 4.69) is 5.10 Å². The van der Waals surface area contributed by atoms with E-state index in [9.17, 15) is 14.9 Å². The van der Waals surface area contributed by atoms with Crippen LogP contribution in [0.4, 0.5) is 5.69 Å². The van der Waals surface area contributed by atoms with Gasteiger partial charge in [0.15, 0.2) is 0 Å². The molecule has 0 atom stereocenters. The van der Waals surface area contributed by atoms with Crippen LogP contribution in [-0.2, 0) is 11.3 Å². The average Bonchev–Trinajstić information content (AvgIpc) is 2.52. The molecule has 8 heteroatoms. The van der Waals surface area contributed by atoms with Gasteiger partial charge >= 0.3 is 5.69 Å². The summed E-state index contributed by atoms with van der Waals surface area (Å²) in [5, 5.41) is 14.6. The van der Waals surface area contributed by atoms with E-state index < -0.39 is 10.8 Å². The molecule has 0 aliphatic rings. The minimum atomic E-state index is -0.872. The van der Waals surface area contributed by atoms with Gasteiger partial charge in [0, 0.05) is 7.11 Å². The van der Waals surface area contributed by atoms with Gasteiger partial charge in [-0.25, -0.2) is 0 Å². The van der Waals surface area contributed by atoms with Crippen LogP contribution in [0.3, 0.4) is 0 Å². The third-order valence-corrected chi connectivity index (χ3v) is 2.02. The molecule has 0 saturated carbocycles. The van der Waals surface area contributed by atoms with Crippen molar-refractivity contribution in [1.82, 2.24) is 9.78 Å². The van der Waals surface area contributed by atoms with Crippen LogP contribution < -0.4 is 5.73 Å². The molecule has 1 heterocycles. The summed E-state index contributed by atoms with van der Waals surface area (Å²) >= 11 is 0. The summed E-state index contributed by atoms with van der Waals surface area (Å²) < 4.78 is 6.00. The summed E-state index contributed by atoms with van der Waals surface area (Å²) in [6.07, 6.45) is 0. The van der Waals surface area contributed by atoms with E-state index in [1.165, 1.54) is 18.7 Å². The molecule has 0 bridgehead atoms. The van der Waals surface area contributed by atoms with E-state index in [4.69, 9.17) is 10.5 Å². The summed E-state index contributed by atoms with van der Waals surface area (Å²) in [5.41, 5.74) is 4.72. The van der Waals surface area contributed by atoms with Gasteiger partial charge in [-0.05, 0) is 6.92 Å². The van der Waals surface area contributed by atoms with Crippen LogP contribution in [0.1, 0.15) is 16.2 Å². The summed E-state index contributed by atoms with van der Waals surface area (Å²) in [7, 11) is 1.48. The second-order valence-corrected chi connectivity index (χ2v) is 3.12. The SMILES string of the molecule is COCCn1nc(C)c([N+](=O)[O-])c1C(N)=O. The van der Waals surface area contributed by atoms with Gasteiger partial charge in [-0.15, -0.1) is 0 Å². The van der Waals surface area contributed by atoms with Crippen molar-refractivity contribution in [3.8, 4) is 0 Å². The van der Waals surface area contributed by atoms with Crippen molar-refractivity contribution in [3.05, 3.63) is 21.5 Å². The number of hydrogen-bond acceptors (Lipinski definition) is 5. The highest BCUT2D eigenvalue weighted by Gasteiger charge is 2.28. The molecule has 0 unspecified atom stereocenters. The molecule has 88 valence electrons. The molecule has 16 heavy (non-hydrogen) atoms. The minimum absolute atomic E-state index is 0.162. The summed E-state index contributed by atoms with van der Waals surface area (Å²) in [5.74, 6) is -0.872. The lowest BCUT2D eigenvalue weighted by Crippen LogP contribution is -2.20. The minimum Gasteiger partial charge on any atom is -0.383 e. The van der Waals surface area contributed by atoms with Crippen molar-refractivity contribution in [2.24, 2.45) is 5.73 Å². The van der Waals surface area contributed by atoms with Gasteiger partial charge in [-0.2, -0.15) is 5.10 Å². The zero-order valence-corrected chi connectivity index (χ0v) is 8.97. The number of rotatable bonds is 5. The Bertz CT molecular complexity index is 426. The summed E-state index contributed by atoms with van der Waals surface area (Å²) in [4.78, 5) is 21.2. The molecule has 1 amide bonds. The van der Waals surface area contributed by atoms with Gasteiger partial charge in [-0.1, -0.05) is 0 Å². The van der Waals surface area contributed by atoms with E-state index in [1.807, 2.05) is 0 Å². The molecule has 0 spiro atoms. The Morgan fingerprint density at radius 3 is 2.75 bits per heavy atom. The number of nitrogens with zero attached hydrogens (tertiary/aromatic N) is 3. The predicted octanol–water partition coefficient (Wildman–Crippen LogP) is -0.155. The molecular formula is C8H12N4O4. The van der Waals surface area contributed by atoms with Crippen LogP contribution in [0, 0.1) is 17.0 Å². The highest BCUT2D eigenvalue weighted by molar-refractivity contribution is 5.95. The number of carbonyl (C=O) groups is 1. The molecule has 8 nitrogen and oxygen atoms in total. The lowest BCUT2D eigenvalue weighted by atomic mass is 10.3. The van der Waals surface area contributed by atoms with E-state index in [0.29, 0.717) is 6.61 Å². The molecule has 2 N–H and O–H groups in total. The maximum atomic E-state index is 11.1. The van der Waals surface area contributed by atoms with Gasteiger partial charge in [0.2, 0.25) is 5.69 Å². The van der Waals surface area contributed by atoms with Gasteiger partial charge in [0.05, 0.1) is 18.1 Å². The number of methoxy groups -OCH3 is 1. The fourth-order valence-electron chi connectivity index (χ4n) is 1.37. The predicted molar refractivity (Wildman–Crippen MR) is 54.0 cm³/mol. The van der Waals surface area contributed by atoms with Crippen LogP contribution in [-0.4, -0.2) is 34.3 Å². The van der Waals surface area contributed by atoms with E-state index >= 15 is 0 Å². The molecule has 0 saturated heterocycles.